The van der Waals surface area contributed by atoms with Crippen molar-refractivity contribution in [3.8, 4) is 0 Å². The maximum absolute atomic E-state index is 12.5. The van der Waals surface area contributed by atoms with Crippen LogP contribution in [0.2, 0.25) is 0 Å². The Morgan fingerprint density at radius 3 is 2.00 bits per heavy atom. The normalized spacial score (nSPS) is 14.9. The molecule has 0 spiro atoms. The van der Waals surface area contributed by atoms with E-state index in [1.807, 2.05) is 41.5 Å². The smallest absolute Gasteiger partial charge is 0.305 e. The molecule has 0 radical (unpaired) electrons. The van der Waals surface area contributed by atoms with Crippen molar-refractivity contribution >= 4 is 0 Å². The molecule has 2 rings (SSSR count). The van der Waals surface area contributed by atoms with Crippen LogP contribution in [0.3, 0.4) is 0 Å². The number of fused-ring (bicyclic) bond motifs is 1. The van der Waals surface area contributed by atoms with Gasteiger partial charge in [-0.05, 0) is 13.8 Å². The molecule has 0 aromatic carbocycles. The molecule has 1 aromatic rings. The van der Waals surface area contributed by atoms with Gasteiger partial charge in [0.25, 0.3) is 0 Å². The molecule has 118 valence electrons. The van der Waals surface area contributed by atoms with E-state index in [1.54, 1.807) is 0 Å². The van der Waals surface area contributed by atoms with Crippen LogP contribution in [0.1, 0.15) is 53.2 Å². The Morgan fingerprint density at radius 1 is 1.00 bits per heavy atom. The SMILES string of the molecule is CC.CC.CC(C)N1CCn2c(nnc2C(F)(F)F)C1. The molecule has 0 aliphatic carbocycles. The van der Waals surface area contributed by atoms with Crippen LogP contribution in [0.4, 0.5) is 13.2 Å². The van der Waals surface area contributed by atoms with Crippen molar-refractivity contribution in [1.82, 2.24) is 19.7 Å². The lowest BCUT2D eigenvalue weighted by atomic mass is 10.2. The number of rotatable bonds is 1. The number of nitrogens with zero attached hydrogens (tertiary/aromatic N) is 4. The lowest BCUT2D eigenvalue weighted by molar-refractivity contribution is -0.148. The van der Waals surface area contributed by atoms with Crippen molar-refractivity contribution in [3.05, 3.63) is 11.6 Å². The van der Waals surface area contributed by atoms with Crippen molar-refractivity contribution in [2.75, 3.05) is 6.54 Å². The molecule has 0 amide bonds. The highest BCUT2D eigenvalue weighted by molar-refractivity contribution is 5.02. The van der Waals surface area contributed by atoms with Gasteiger partial charge in [0, 0.05) is 19.1 Å². The zero-order valence-electron chi connectivity index (χ0n) is 13.1. The van der Waals surface area contributed by atoms with E-state index in [0.29, 0.717) is 31.5 Å². The Morgan fingerprint density at radius 2 is 1.55 bits per heavy atom. The zero-order chi connectivity index (χ0) is 15.9. The van der Waals surface area contributed by atoms with Gasteiger partial charge in [0.05, 0.1) is 6.54 Å². The van der Waals surface area contributed by atoms with Gasteiger partial charge in [0.2, 0.25) is 5.82 Å². The molecule has 1 aliphatic heterocycles. The predicted octanol–water partition coefficient (Wildman–Crippen LogP) is 3.57. The van der Waals surface area contributed by atoms with Gasteiger partial charge in [-0.25, -0.2) is 0 Å². The van der Waals surface area contributed by atoms with E-state index in [1.165, 1.54) is 4.57 Å². The van der Waals surface area contributed by atoms with Gasteiger partial charge in [-0.3, -0.25) is 4.90 Å². The molecule has 1 aliphatic rings. The van der Waals surface area contributed by atoms with E-state index in [2.05, 4.69) is 15.1 Å². The molecule has 0 bridgehead atoms. The molecule has 4 nitrogen and oxygen atoms in total. The molecule has 0 N–H and O–H groups in total. The summed E-state index contributed by atoms with van der Waals surface area (Å²) >= 11 is 0. The third-order valence-corrected chi connectivity index (χ3v) is 2.77. The number of halogens is 3. The summed E-state index contributed by atoms with van der Waals surface area (Å²) in [5.74, 6) is -0.488. The third kappa shape index (κ3) is 4.47. The van der Waals surface area contributed by atoms with Crippen LogP contribution in [0, 0.1) is 0 Å². The molecule has 2 heterocycles. The molecular weight excluding hydrogens is 269 g/mol. The maximum Gasteiger partial charge on any atom is 0.451 e. The maximum atomic E-state index is 12.5. The molecule has 20 heavy (non-hydrogen) atoms. The summed E-state index contributed by atoms with van der Waals surface area (Å²) in [6.07, 6.45) is -4.41. The van der Waals surface area contributed by atoms with Gasteiger partial charge in [-0.2, -0.15) is 13.2 Å². The largest absolute Gasteiger partial charge is 0.451 e. The van der Waals surface area contributed by atoms with Crippen molar-refractivity contribution < 1.29 is 13.2 Å². The van der Waals surface area contributed by atoms with Crippen LogP contribution in [0.5, 0.6) is 0 Å². The minimum atomic E-state index is -4.41. The van der Waals surface area contributed by atoms with E-state index in [4.69, 9.17) is 0 Å². The molecule has 0 fully saturated rings. The fourth-order valence-corrected chi connectivity index (χ4v) is 1.83. The molecule has 0 atom stereocenters. The fraction of sp³-hybridized carbons (Fsp3) is 0.846. The summed E-state index contributed by atoms with van der Waals surface area (Å²) in [4.78, 5) is 2.07. The van der Waals surface area contributed by atoms with Gasteiger partial charge in [-0.15, -0.1) is 10.2 Å². The second-order valence-electron chi connectivity index (χ2n) is 4.15. The van der Waals surface area contributed by atoms with Crippen LogP contribution in [0.15, 0.2) is 0 Å². The predicted molar refractivity (Wildman–Crippen MR) is 73.3 cm³/mol. The molecule has 0 saturated carbocycles. The first-order chi connectivity index (χ1) is 9.39. The summed E-state index contributed by atoms with van der Waals surface area (Å²) in [6.45, 7) is 13.4. The lowest BCUT2D eigenvalue weighted by Crippen LogP contribution is -2.39. The third-order valence-electron chi connectivity index (χ3n) is 2.77. The quantitative estimate of drug-likeness (QED) is 0.794. The summed E-state index contributed by atoms with van der Waals surface area (Å²) in [7, 11) is 0. The van der Waals surface area contributed by atoms with E-state index in [9.17, 15) is 13.2 Å². The Balaban J connectivity index is 0.000000829. The van der Waals surface area contributed by atoms with Gasteiger partial charge >= 0.3 is 6.18 Å². The average molecular weight is 294 g/mol. The van der Waals surface area contributed by atoms with E-state index < -0.39 is 12.0 Å². The standard InChI is InChI=1S/C9H13F3N4.2C2H6/c1-6(2)15-3-4-16-7(5-15)13-14-8(16)9(10,11)12;2*1-2/h6H,3-5H2,1-2H3;2*1-2H3. The van der Waals surface area contributed by atoms with E-state index in [-0.39, 0.29) is 0 Å². The fourth-order valence-electron chi connectivity index (χ4n) is 1.83. The van der Waals surface area contributed by atoms with Crippen molar-refractivity contribution in [2.45, 2.75) is 66.9 Å². The van der Waals surface area contributed by atoms with Gasteiger partial charge < -0.3 is 4.57 Å². The number of aromatic nitrogens is 3. The average Bonchev–Trinajstić information content (AvgIpc) is 2.86. The van der Waals surface area contributed by atoms with Crippen molar-refractivity contribution in [2.24, 2.45) is 0 Å². The second-order valence-corrected chi connectivity index (χ2v) is 4.15. The molecule has 0 unspecified atom stereocenters. The van der Waals surface area contributed by atoms with Crippen LogP contribution < -0.4 is 0 Å². The summed E-state index contributed by atoms with van der Waals surface area (Å²) in [6, 6.07) is 0.305. The Kier molecular flexibility index (Phi) is 7.78. The first kappa shape index (κ1) is 18.9. The summed E-state index contributed by atoms with van der Waals surface area (Å²) in [5.41, 5.74) is 0. The first-order valence-corrected chi connectivity index (χ1v) is 7.13. The van der Waals surface area contributed by atoms with Crippen LogP contribution in [0.25, 0.3) is 0 Å². The summed E-state index contributed by atoms with van der Waals surface area (Å²) < 4.78 is 38.7. The number of hydrogen-bond donors (Lipinski definition) is 0. The highest BCUT2D eigenvalue weighted by atomic mass is 19.4. The topological polar surface area (TPSA) is 34.0 Å². The number of hydrogen-bond acceptors (Lipinski definition) is 3. The second kappa shape index (κ2) is 8.24. The highest BCUT2D eigenvalue weighted by Crippen LogP contribution is 2.29. The zero-order valence-corrected chi connectivity index (χ0v) is 13.1. The molecule has 1 aromatic heterocycles. The molecule has 7 heteroatoms. The van der Waals surface area contributed by atoms with Crippen LogP contribution >= 0.6 is 0 Å². The Labute approximate surface area is 119 Å². The Bertz CT molecular complexity index is 385. The van der Waals surface area contributed by atoms with Gasteiger partial charge in [0.15, 0.2) is 0 Å². The Hall–Kier alpha value is -1.11. The minimum absolute atomic E-state index is 0.301. The van der Waals surface area contributed by atoms with Crippen LogP contribution in [-0.4, -0.2) is 32.3 Å². The minimum Gasteiger partial charge on any atom is -0.305 e. The number of alkyl halides is 3. The van der Waals surface area contributed by atoms with Crippen LogP contribution in [-0.2, 0) is 19.3 Å². The molecule has 0 saturated heterocycles. The van der Waals surface area contributed by atoms with Gasteiger partial charge in [0.1, 0.15) is 5.82 Å². The van der Waals surface area contributed by atoms with E-state index >= 15 is 0 Å². The van der Waals surface area contributed by atoms with Crippen molar-refractivity contribution in [1.29, 1.82) is 0 Å². The lowest BCUT2D eigenvalue weighted by Gasteiger charge is -2.30. The van der Waals surface area contributed by atoms with Gasteiger partial charge in [-0.1, -0.05) is 27.7 Å². The first-order valence-electron chi connectivity index (χ1n) is 7.13. The highest BCUT2D eigenvalue weighted by Gasteiger charge is 2.39. The monoisotopic (exact) mass is 294 g/mol. The molecular formula is C13H25F3N4. The van der Waals surface area contributed by atoms with Crippen molar-refractivity contribution in [3.63, 3.8) is 0 Å². The van der Waals surface area contributed by atoms with E-state index in [0.717, 1.165) is 0 Å². The summed E-state index contributed by atoms with van der Waals surface area (Å²) in [5, 5.41) is 6.83.